The van der Waals surface area contributed by atoms with Crippen LogP contribution in [0.15, 0.2) is 48.5 Å². The molecule has 0 aliphatic carbocycles. The maximum Gasteiger partial charge on any atom is 0.123 e. The van der Waals surface area contributed by atoms with Gasteiger partial charge in [0.2, 0.25) is 0 Å². The van der Waals surface area contributed by atoms with Gasteiger partial charge < -0.3 is 0 Å². The molecule has 1 aliphatic heterocycles. The summed E-state index contributed by atoms with van der Waals surface area (Å²) in [4.78, 5) is 0. The molecule has 2 aromatic rings. The Bertz CT molecular complexity index is 719. The van der Waals surface area contributed by atoms with Crippen molar-refractivity contribution in [3.05, 3.63) is 71.0 Å². The van der Waals surface area contributed by atoms with E-state index in [4.69, 9.17) is 10.00 Å². The quantitative estimate of drug-likeness (QED) is 0.479. The summed E-state index contributed by atoms with van der Waals surface area (Å²) in [6.45, 7) is 4.67. The molecule has 27 heavy (non-hydrogen) atoms. The molecule has 1 unspecified atom stereocenters. The predicted molar refractivity (Wildman–Crippen MR) is 114 cm³/mol. The Balaban J connectivity index is 0.000000338. The Morgan fingerprint density at radius 2 is 1.78 bits per heavy atom. The topological polar surface area (TPSA) is 33.0 Å². The van der Waals surface area contributed by atoms with E-state index in [0.29, 0.717) is 6.61 Å². The fourth-order valence-electron chi connectivity index (χ4n) is 2.75. The van der Waals surface area contributed by atoms with E-state index in [1.807, 2.05) is 26.0 Å². The second-order valence-electron chi connectivity index (χ2n) is 7.06. The molecular formula is C23H32FNOSe. The molecule has 1 heterocycles. The van der Waals surface area contributed by atoms with Gasteiger partial charge in [-0.2, -0.15) is 0 Å². The Labute approximate surface area is 166 Å². The van der Waals surface area contributed by atoms with E-state index in [9.17, 15) is 4.39 Å². The number of nitrogens with zero attached hydrogens (tertiary/aromatic N) is 1. The molecule has 0 amide bonds. The maximum atomic E-state index is 11.9. The van der Waals surface area contributed by atoms with Gasteiger partial charge in [-0.15, -0.1) is 0 Å². The summed E-state index contributed by atoms with van der Waals surface area (Å²) in [6, 6.07) is 16.1. The van der Waals surface area contributed by atoms with Crippen molar-refractivity contribution in [2.75, 3.05) is 0 Å². The van der Waals surface area contributed by atoms with Gasteiger partial charge in [-0.1, -0.05) is 32.0 Å². The van der Waals surface area contributed by atoms with Crippen molar-refractivity contribution in [1.29, 1.82) is 5.26 Å². The molecule has 148 valence electrons. The monoisotopic (exact) mass is 437 g/mol. The summed E-state index contributed by atoms with van der Waals surface area (Å²) < 4.78 is 17.8. The molecule has 0 bridgehead atoms. The van der Waals surface area contributed by atoms with Crippen molar-refractivity contribution < 1.29 is 9.13 Å². The van der Waals surface area contributed by atoms with Gasteiger partial charge in [0.05, 0.1) is 0 Å². The van der Waals surface area contributed by atoms with E-state index in [1.165, 1.54) is 35.0 Å². The fourth-order valence-corrected chi connectivity index (χ4v) is 4.92. The molecule has 0 aromatic heterocycles. The second-order valence-corrected chi connectivity index (χ2v) is 16.7. The average molecular weight is 436 g/mol. The zero-order valence-electron chi connectivity index (χ0n) is 17.2. The van der Waals surface area contributed by atoms with Crippen LogP contribution in [0.3, 0.4) is 0 Å². The number of nitriles is 1. The van der Waals surface area contributed by atoms with Crippen LogP contribution < -0.4 is 0 Å². The van der Waals surface area contributed by atoms with Crippen LogP contribution in [-0.4, -0.2) is 12.8 Å². The smallest absolute Gasteiger partial charge is 0.123 e. The maximum absolute atomic E-state index is 11.9. The van der Waals surface area contributed by atoms with Gasteiger partial charge >= 0.3 is 112 Å². The van der Waals surface area contributed by atoms with Crippen LogP contribution in [0.5, 0.6) is 0 Å². The number of fused-ring (bicyclic) bond motifs is 1. The van der Waals surface area contributed by atoms with Gasteiger partial charge in [0.25, 0.3) is 0 Å². The summed E-state index contributed by atoms with van der Waals surface area (Å²) in [5, 5.41) is 10.3. The normalized spacial score (nSPS) is 15.4. The second kappa shape index (κ2) is 11.9. The van der Waals surface area contributed by atoms with E-state index < -0.39 is 12.8 Å². The number of ether oxygens (including phenoxy) is 1. The number of hydrogen-bond donors (Lipinski definition) is 0. The van der Waals surface area contributed by atoms with Crippen LogP contribution in [-0.2, 0) is 11.3 Å². The standard InChI is InChI=1S/C15H21NOSe.C6H5F.C2H6/c1-18(2,3)8-4-5-15-14-7-6-12(10-16)9-13(14)11-17-15;7-6-4-2-1-3-5-6;1-2/h6-7,9,15H,4-5,8,11H2,1-3H3;1-5H;1-2H3. The minimum Gasteiger partial charge on any atom is -0.207 e. The molecule has 2 aromatic carbocycles. The van der Waals surface area contributed by atoms with Crippen molar-refractivity contribution in [3.8, 4) is 6.07 Å². The molecule has 1 atom stereocenters. The molecule has 2 nitrogen and oxygen atoms in total. The Morgan fingerprint density at radius 3 is 2.30 bits per heavy atom. The van der Waals surface area contributed by atoms with E-state index in [0.717, 1.165) is 12.0 Å². The molecule has 0 radical (unpaired) electrons. The zero-order chi connectivity index (χ0) is 20.3. The molecule has 3 rings (SSSR count). The van der Waals surface area contributed by atoms with Crippen molar-refractivity contribution in [2.45, 2.75) is 62.2 Å². The van der Waals surface area contributed by atoms with Gasteiger partial charge in [0, 0.05) is 0 Å². The molecule has 0 spiro atoms. The first-order chi connectivity index (χ1) is 12.9. The third-order valence-electron chi connectivity index (χ3n) is 4.02. The van der Waals surface area contributed by atoms with Crippen LogP contribution >= 0.6 is 0 Å². The fraction of sp³-hybridized carbons (Fsp3) is 0.435. The molecule has 1 aliphatic rings. The van der Waals surface area contributed by atoms with Gasteiger partial charge in [0.1, 0.15) is 5.82 Å². The van der Waals surface area contributed by atoms with Gasteiger partial charge in [-0.3, -0.25) is 0 Å². The first-order valence-corrected chi connectivity index (χ1v) is 15.8. The average Bonchev–Trinajstić information content (AvgIpc) is 3.06. The largest absolute Gasteiger partial charge is 0.207 e. The molecule has 0 saturated heterocycles. The van der Waals surface area contributed by atoms with Gasteiger partial charge in [-0.25, -0.2) is 4.39 Å². The van der Waals surface area contributed by atoms with Crippen LogP contribution in [0.4, 0.5) is 4.39 Å². The summed E-state index contributed by atoms with van der Waals surface area (Å²) >= 11 is -1.10. The summed E-state index contributed by atoms with van der Waals surface area (Å²) in [5.41, 5.74) is 3.24. The Morgan fingerprint density at radius 1 is 1.11 bits per heavy atom. The number of benzene rings is 2. The molecule has 0 saturated carbocycles. The first kappa shape index (κ1) is 23.4. The summed E-state index contributed by atoms with van der Waals surface area (Å²) in [6.07, 6.45) is 2.63. The van der Waals surface area contributed by atoms with Crippen LogP contribution in [0.1, 0.15) is 49.5 Å². The molecule has 0 N–H and O–H groups in total. The van der Waals surface area contributed by atoms with Crippen molar-refractivity contribution in [1.82, 2.24) is 0 Å². The number of halogens is 1. The van der Waals surface area contributed by atoms with Crippen molar-refractivity contribution >= 4 is 12.8 Å². The van der Waals surface area contributed by atoms with E-state index in [-0.39, 0.29) is 11.9 Å². The Kier molecular flexibility index (Phi) is 10.3. The molecular weight excluding hydrogens is 404 g/mol. The van der Waals surface area contributed by atoms with Crippen LogP contribution in [0, 0.1) is 17.1 Å². The van der Waals surface area contributed by atoms with Gasteiger partial charge in [0.15, 0.2) is 0 Å². The van der Waals surface area contributed by atoms with Crippen molar-refractivity contribution in [3.63, 3.8) is 0 Å². The number of rotatable bonds is 4. The minimum absolute atomic E-state index is 0.178. The third-order valence-corrected chi connectivity index (χ3v) is 7.19. The van der Waals surface area contributed by atoms with Gasteiger partial charge in [-0.05, 0) is 12.1 Å². The van der Waals surface area contributed by atoms with E-state index in [2.05, 4.69) is 29.6 Å². The van der Waals surface area contributed by atoms with Crippen LogP contribution in [0.25, 0.3) is 0 Å². The van der Waals surface area contributed by atoms with E-state index >= 15 is 0 Å². The molecule has 0 fully saturated rings. The molecule has 4 heteroatoms. The zero-order valence-corrected chi connectivity index (χ0v) is 18.9. The third kappa shape index (κ3) is 8.71. The first-order valence-electron chi connectivity index (χ1n) is 9.40. The number of hydrogen-bond acceptors (Lipinski definition) is 2. The van der Waals surface area contributed by atoms with Crippen molar-refractivity contribution in [2.24, 2.45) is 0 Å². The van der Waals surface area contributed by atoms with E-state index in [1.54, 1.807) is 18.2 Å². The summed E-state index contributed by atoms with van der Waals surface area (Å²) in [7, 11) is 0. The Hall–Kier alpha value is -1.66. The minimum atomic E-state index is -1.10. The predicted octanol–water partition coefficient (Wildman–Crippen LogP) is 7.10. The van der Waals surface area contributed by atoms with Crippen LogP contribution in [0.2, 0.25) is 22.8 Å². The summed E-state index contributed by atoms with van der Waals surface area (Å²) in [5.74, 6) is 7.11. The SMILES string of the molecule is CC.C[Se](C)(C)CCCC1OCc2cc(C#N)ccc21.Fc1ccccc1.